The van der Waals surface area contributed by atoms with E-state index in [2.05, 4.69) is 13.0 Å². The van der Waals surface area contributed by atoms with Gasteiger partial charge in [-0.05, 0) is 56.0 Å². The van der Waals surface area contributed by atoms with Crippen molar-refractivity contribution in [1.82, 2.24) is 0 Å². The molecular formula is C17H18OS. The summed E-state index contributed by atoms with van der Waals surface area (Å²) in [5.74, 6) is 1.14. The SMILES string of the molecule is CCSc1ccc(C(=O)c2cc(C)cc(C)c2)cc1. The fraction of sp³-hybridized carbons (Fsp3) is 0.235. The van der Waals surface area contributed by atoms with Crippen molar-refractivity contribution in [2.45, 2.75) is 25.7 Å². The molecular weight excluding hydrogens is 252 g/mol. The van der Waals surface area contributed by atoms with Gasteiger partial charge in [-0.1, -0.05) is 24.1 Å². The minimum atomic E-state index is 0.0971. The molecule has 0 unspecified atom stereocenters. The minimum absolute atomic E-state index is 0.0971. The van der Waals surface area contributed by atoms with E-state index in [-0.39, 0.29) is 5.78 Å². The molecule has 0 N–H and O–H groups in total. The number of hydrogen-bond acceptors (Lipinski definition) is 2. The van der Waals surface area contributed by atoms with Gasteiger partial charge in [0.25, 0.3) is 0 Å². The van der Waals surface area contributed by atoms with Gasteiger partial charge in [0.05, 0.1) is 0 Å². The lowest BCUT2D eigenvalue weighted by molar-refractivity contribution is 0.103. The van der Waals surface area contributed by atoms with E-state index in [4.69, 9.17) is 0 Å². The van der Waals surface area contributed by atoms with Crippen LogP contribution in [0.5, 0.6) is 0 Å². The first-order chi connectivity index (χ1) is 9.10. The van der Waals surface area contributed by atoms with E-state index in [1.807, 2.05) is 50.2 Å². The lowest BCUT2D eigenvalue weighted by Crippen LogP contribution is -2.02. The van der Waals surface area contributed by atoms with Crippen LogP contribution in [-0.4, -0.2) is 11.5 Å². The minimum Gasteiger partial charge on any atom is -0.289 e. The van der Waals surface area contributed by atoms with Gasteiger partial charge in [-0.3, -0.25) is 4.79 Å². The maximum Gasteiger partial charge on any atom is 0.193 e. The van der Waals surface area contributed by atoms with Crippen LogP contribution in [0.3, 0.4) is 0 Å². The van der Waals surface area contributed by atoms with Crippen molar-refractivity contribution in [1.29, 1.82) is 0 Å². The second kappa shape index (κ2) is 6.07. The summed E-state index contributed by atoms with van der Waals surface area (Å²) in [6.07, 6.45) is 0. The quantitative estimate of drug-likeness (QED) is 0.594. The molecule has 98 valence electrons. The highest BCUT2D eigenvalue weighted by Crippen LogP contribution is 2.20. The van der Waals surface area contributed by atoms with Crippen molar-refractivity contribution >= 4 is 17.5 Å². The van der Waals surface area contributed by atoms with Crippen molar-refractivity contribution in [3.63, 3.8) is 0 Å². The van der Waals surface area contributed by atoms with Crippen LogP contribution >= 0.6 is 11.8 Å². The average Bonchev–Trinajstić information content (AvgIpc) is 2.38. The Morgan fingerprint density at radius 1 is 0.947 bits per heavy atom. The standard InChI is InChI=1S/C17H18OS/c1-4-19-16-7-5-14(6-8-16)17(18)15-10-12(2)9-13(3)11-15/h5-11H,4H2,1-3H3. The molecule has 0 aliphatic heterocycles. The van der Waals surface area contributed by atoms with Crippen LogP contribution in [0.1, 0.15) is 34.0 Å². The molecule has 0 saturated carbocycles. The molecule has 0 saturated heterocycles. The van der Waals surface area contributed by atoms with E-state index >= 15 is 0 Å². The normalized spacial score (nSPS) is 10.5. The second-order valence-electron chi connectivity index (χ2n) is 4.66. The topological polar surface area (TPSA) is 17.1 Å². The third-order valence-corrected chi connectivity index (χ3v) is 3.81. The smallest absolute Gasteiger partial charge is 0.193 e. The second-order valence-corrected chi connectivity index (χ2v) is 6.00. The fourth-order valence-electron chi connectivity index (χ4n) is 2.14. The van der Waals surface area contributed by atoms with Crippen LogP contribution in [0.2, 0.25) is 0 Å². The molecule has 0 aliphatic rings. The molecule has 2 aromatic rings. The summed E-state index contributed by atoms with van der Waals surface area (Å²) in [5, 5.41) is 0. The predicted octanol–water partition coefficient (Wildman–Crippen LogP) is 4.65. The van der Waals surface area contributed by atoms with Crippen molar-refractivity contribution in [2.75, 3.05) is 5.75 Å². The van der Waals surface area contributed by atoms with Crippen molar-refractivity contribution in [3.8, 4) is 0 Å². The molecule has 2 heteroatoms. The third-order valence-electron chi connectivity index (χ3n) is 2.91. The number of carbonyl (C=O) groups excluding carboxylic acids is 1. The molecule has 0 radical (unpaired) electrons. The lowest BCUT2D eigenvalue weighted by Gasteiger charge is -2.05. The van der Waals surface area contributed by atoms with Gasteiger partial charge in [-0.25, -0.2) is 0 Å². The Hall–Kier alpha value is -1.54. The summed E-state index contributed by atoms with van der Waals surface area (Å²) in [7, 11) is 0. The molecule has 0 aliphatic carbocycles. The fourth-order valence-corrected chi connectivity index (χ4v) is 2.80. The number of carbonyl (C=O) groups is 1. The van der Waals surface area contributed by atoms with Gasteiger partial charge < -0.3 is 0 Å². The Morgan fingerprint density at radius 2 is 1.53 bits per heavy atom. The van der Waals surface area contributed by atoms with Crippen molar-refractivity contribution in [3.05, 3.63) is 64.7 Å². The van der Waals surface area contributed by atoms with E-state index < -0.39 is 0 Å². The first-order valence-electron chi connectivity index (χ1n) is 6.46. The highest BCUT2D eigenvalue weighted by molar-refractivity contribution is 7.99. The highest BCUT2D eigenvalue weighted by Gasteiger charge is 2.09. The van der Waals surface area contributed by atoms with Crippen LogP contribution in [0.25, 0.3) is 0 Å². The molecule has 0 spiro atoms. The molecule has 19 heavy (non-hydrogen) atoms. The maximum absolute atomic E-state index is 12.4. The molecule has 0 atom stereocenters. The van der Waals surface area contributed by atoms with Crippen molar-refractivity contribution in [2.24, 2.45) is 0 Å². The van der Waals surface area contributed by atoms with Gasteiger partial charge in [-0.15, -0.1) is 11.8 Å². The van der Waals surface area contributed by atoms with Gasteiger partial charge >= 0.3 is 0 Å². The van der Waals surface area contributed by atoms with E-state index in [1.165, 1.54) is 4.90 Å². The number of hydrogen-bond donors (Lipinski definition) is 0. The third kappa shape index (κ3) is 3.48. The molecule has 2 aromatic carbocycles. The maximum atomic E-state index is 12.4. The summed E-state index contributed by atoms with van der Waals surface area (Å²) in [4.78, 5) is 13.6. The molecule has 0 aromatic heterocycles. The predicted molar refractivity (Wildman–Crippen MR) is 82.2 cm³/mol. The molecule has 0 amide bonds. The number of benzene rings is 2. The zero-order chi connectivity index (χ0) is 13.8. The number of aryl methyl sites for hydroxylation is 2. The number of thioether (sulfide) groups is 1. The van der Waals surface area contributed by atoms with Gasteiger partial charge in [-0.2, -0.15) is 0 Å². The van der Waals surface area contributed by atoms with Crippen LogP contribution in [0.4, 0.5) is 0 Å². The Kier molecular flexibility index (Phi) is 4.43. The number of rotatable bonds is 4. The summed E-state index contributed by atoms with van der Waals surface area (Å²) in [6.45, 7) is 6.16. The Morgan fingerprint density at radius 3 is 2.05 bits per heavy atom. The zero-order valence-electron chi connectivity index (χ0n) is 11.6. The van der Waals surface area contributed by atoms with E-state index in [9.17, 15) is 4.79 Å². The first-order valence-corrected chi connectivity index (χ1v) is 7.44. The number of ketones is 1. The molecule has 0 heterocycles. The van der Waals surface area contributed by atoms with E-state index in [1.54, 1.807) is 11.8 Å². The first kappa shape index (κ1) is 13.9. The van der Waals surface area contributed by atoms with Crippen LogP contribution in [0.15, 0.2) is 47.4 Å². The van der Waals surface area contributed by atoms with Gasteiger partial charge in [0.1, 0.15) is 0 Å². The van der Waals surface area contributed by atoms with E-state index in [0.29, 0.717) is 0 Å². The van der Waals surface area contributed by atoms with Crippen LogP contribution in [0, 0.1) is 13.8 Å². The van der Waals surface area contributed by atoms with Crippen molar-refractivity contribution < 1.29 is 4.79 Å². The molecule has 0 fully saturated rings. The Labute approximate surface area is 119 Å². The van der Waals surface area contributed by atoms with Crippen LogP contribution in [-0.2, 0) is 0 Å². The summed E-state index contributed by atoms with van der Waals surface area (Å²) in [6, 6.07) is 13.8. The van der Waals surface area contributed by atoms with Gasteiger partial charge in [0, 0.05) is 16.0 Å². The lowest BCUT2D eigenvalue weighted by atomic mass is 9.99. The Bertz CT molecular complexity index is 564. The molecule has 0 bridgehead atoms. The van der Waals surface area contributed by atoms with Gasteiger partial charge in [0.2, 0.25) is 0 Å². The van der Waals surface area contributed by atoms with Crippen LogP contribution < -0.4 is 0 Å². The molecule has 2 rings (SSSR count). The summed E-state index contributed by atoms with van der Waals surface area (Å²) < 4.78 is 0. The zero-order valence-corrected chi connectivity index (χ0v) is 12.4. The monoisotopic (exact) mass is 270 g/mol. The molecule has 1 nitrogen and oxygen atoms in total. The average molecular weight is 270 g/mol. The summed E-state index contributed by atoms with van der Waals surface area (Å²) in [5.41, 5.74) is 3.78. The van der Waals surface area contributed by atoms with E-state index in [0.717, 1.165) is 28.0 Å². The highest BCUT2D eigenvalue weighted by atomic mass is 32.2. The largest absolute Gasteiger partial charge is 0.289 e. The van der Waals surface area contributed by atoms with Gasteiger partial charge in [0.15, 0.2) is 5.78 Å². The summed E-state index contributed by atoms with van der Waals surface area (Å²) >= 11 is 1.79. The Balaban J connectivity index is 2.28.